The first-order valence-electron chi connectivity index (χ1n) is 9.39. The van der Waals surface area contributed by atoms with Crippen LogP contribution >= 0.6 is 11.3 Å². The average Bonchev–Trinajstić information content (AvgIpc) is 3.24. The molecule has 0 amide bonds. The summed E-state index contributed by atoms with van der Waals surface area (Å²) in [4.78, 5) is 19.6. The molecule has 0 fully saturated rings. The summed E-state index contributed by atoms with van der Waals surface area (Å²) in [5.74, 6) is 0.781. The van der Waals surface area contributed by atoms with Gasteiger partial charge in [-0.05, 0) is 74.4 Å². The number of carbonyl (C=O) groups is 1. The van der Waals surface area contributed by atoms with Crippen molar-refractivity contribution in [2.45, 2.75) is 20.8 Å². The molecule has 0 spiro atoms. The van der Waals surface area contributed by atoms with Gasteiger partial charge in [-0.1, -0.05) is 12.1 Å². The van der Waals surface area contributed by atoms with Crippen LogP contribution in [-0.2, 0) is 0 Å². The monoisotopic (exact) mass is 402 g/mol. The van der Waals surface area contributed by atoms with Gasteiger partial charge in [-0.25, -0.2) is 4.98 Å². The first-order chi connectivity index (χ1) is 14.0. The van der Waals surface area contributed by atoms with Crippen molar-refractivity contribution in [1.29, 1.82) is 0 Å². The van der Waals surface area contributed by atoms with Crippen molar-refractivity contribution < 1.29 is 9.53 Å². The SMILES string of the molecule is COc1ccc(-c2nc3sc(C)cn3c2C=CC(=O)c2ccc(C)c(C)c2)cc1. The number of hydrogen-bond acceptors (Lipinski definition) is 4. The van der Waals surface area contributed by atoms with Gasteiger partial charge in [-0.2, -0.15) is 0 Å². The van der Waals surface area contributed by atoms with E-state index >= 15 is 0 Å². The highest BCUT2D eigenvalue weighted by Gasteiger charge is 2.15. The number of imidazole rings is 1. The smallest absolute Gasteiger partial charge is 0.194 e. The summed E-state index contributed by atoms with van der Waals surface area (Å²) in [6.45, 7) is 6.12. The maximum absolute atomic E-state index is 12.7. The molecule has 4 rings (SSSR count). The topological polar surface area (TPSA) is 43.6 Å². The van der Waals surface area contributed by atoms with Gasteiger partial charge in [-0.15, -0.1) is 11.3 Å². The molecule has 0 unspecified atom stereocenters. The van der Waals surface area contributed by atoms with Crippen molar-refractivity contribution in [1.82, 2.24) is 9.38 Å². The minimum absolute atomic E-state index is 0.0179. The molecule has 4 aromatic rings. The van der Waals surface area contributed by atoms with Crippen LogP contribution in [0.4, 0.5) is 0 Å². The molecule has 0 radical (unpaired) electrons. The molecular formula is C24H22N2O2S. The van der Waals surface area contributed by atoms with E-state index in [9.17, 15) is 4.79 Å². The zero-order valence-electron chi connectivity index (χ0n) is 16.9. The summed E-state index contributed by atoms with van der Waals surface area (Å²) >= 11 is 1.63. The van der Waals surface area contributed by atoms with Gasteiger partial charge in [0.15, 0.2) is 10.7 Å². The summed E-state index contributed by atoms with van der Waals surface area (Å²) < 4.78 is 7.30. The second-order valence-corrected chi connectivity index (χ2v) is 8.28. The normalized spacial score (nSPS) is 11.4. The van der Waals surface area contributed by atoms with Gasteiger partial charge in [-0.3, -0.25) is 9.20 Å². The third-order valence-electron chi connectivity index (χ3n) is 5.03. The van der Waals surface area contributed by atoms with Gasteiger partial charge in [0.2, 0.25) is 0 Å². The quantitative estimate of drug-likeness (QED) is 0.309. The summed E-state index contributed by atoms with van der Waals surface area (Å²) in [6.07, 6.45) is 5.55. The number of thiazole rings is 1. The van der Waals surface area contributed by atoms with E-state index in [0.717, 1.165) is 33.2 Å². The Labute approximate surface area is 174 Å². The highest BCUT2D eigenvalue weighted by atomic mass is 32.1. The molecule has 0 aliphatic carbocycles. The van der Waals surface area contributed by atoms with Crippen molar-refractivity contribution >= 4 is 28.2 Å². The van der Waals surface area contributed by atoms with E-state index in [1.54, 1.807) is 24.5 Å². The molecular weight excluding hydrogens is 380 g/mol. The fourth-order valence-corrected chi connectivity index (χ4v) is 4.07. The standard InChI is InChI=1S/C24H22N2O2S/c1-15-5-6-19(13-16(15)2)22(27)12-11-21-23(18-7-9-20(28-4)10-8-18)25-24-26(21)14-17(3)29-24/h5-14H,1-4H3. The molecule has 0 N–H and O–H groups in total. The van der Waals surface area contributed by atoms with Crippen molar-refractivity contribution in [3.8, 4) is 17.0 Å². The summed E-state index contributed by atoms with van der Waals surface area (Å²) in [7, 11) is 1.65. The number of allylic oxidation sites excluding steroid dienone is 1. The molecule has 0 bridgehead atoms. The minimum atomic E-state index is -0.0179. The number of aryl methyl sites for hydroxylation is 3. The van der Waals surface area contributed by atoms with Gasteiger partial charge in [0.1, 0.15) is 5.75 Å². The molecule has 29 heavy (non-hydrogen) atoms. The van der Waals surface area contributed by atoms with Gasteiger partial charge in [0.05, 0.1) is 18.5 Å². The minimum Gasteiger partial charge on any atom is -0.497 e. The molecule has 0 aliphatic rings. The lowest BCUT2D eigenvalue weighted by atomic mass is 10.0. The van der Waals surface area contributed by atoms with Gasteiger partial charge in [0.25, 0.3) is 0 Å². The molecule has 0 saturated carbocycles. The lowest BCUT2D eigenvalue weighted by Crippen LogP contribution is -1.96. The molecule has 2 aromatic carbocycles. The van der Waals surface area contributed by atoms with Crippen molar-refractivity contribution in [2.24, 2.45) is 0 Å². The number of nitrogens with zero attached hydrogens (tertiary/aromatic N) is 2. The van der Waals surface area contributed by atoms with Gasteiger partial charge in [0, 0.05) is 22.2 Å². The number of fused-ring (bicyclic) bond motifs is 1. The average molecular weight is 403 g/mol. The Balaban J connectivity index is 1.75. The van der Waals surface area contributed by atoms with Crippen LogP contribution in [0.1, 0.15) is 32.1 Å². The van der Waals surface area contributed by atoms with Crippen LogP contribution in [-0.4, -0.2) is 22.3 Å². The van der Waals surface area contributed by atoms with E-state index in [4.69, 9.17) is 9.72 Å². The third-order valence-corrected chi connectivity index (χ3v) is 5.92. The van der Waals surface area contributed by atoms with Crippen LogP contribution in [0.15, 0.2) is 54.7 Å². The number of ether oxygens (including phenoxy) is 1. The molecule has 2 aromatic heterocycles. The zero-order chi connectivity index (χ0) is 20.5. The Kier molecular flexibility index (Phi) is 5.07. The van der Waals surface area contributed by atoms with Crippen LogP contribution in [0.2, 0.25) is 0 Å². The zero-order valence-corrected chi connectivity index (χ0v) is 17.7. The Morgan fingerprint density at radius 3 is 2.52 bits per heavy atom. The fourth-order valence-electron chi connectivity index (χ4n) is 3.24. The van der Waals surface area contributed by atoms with Crippen LogP contribution in [0, 0.1) is 20.8 Å². The molecule has 0 saturated heterocycles. The molecule has 0 atom stereocenters. The van der Waals surface area contributed by atoms with E-state index in [-0.39, 0.29) is 5.78 Å². The highest BCUT2D eigenvalue weighted by Crippen LogP contribution is 2.30. The first kappa shape index (κ1) is 19.2. The molecule has 5 heteroatoms. The van der Waals surface area contributed by atoms with E-state index in [1.165, 1.54) is 10.4 Å². The van der Waals surface area contributed by atoms with Crippen LogP contribution < -0.4 is 4.74 Å². The van der Waals surface area contributed by atoms with E-state index in [1.807, 2.05) is 66.8 Å². The second kappa shape index (κ2) is 7.68. The largest absolute Gasteiger partial charge is 0.497 e. The number of hydrogen-bond donors (Lipinski definition) is 0. The second-order valence-electron chi connectivity index (χ2n) is 7.07. The Morgan fingerprint density at radius 2 is 1.83 bits per heavy atom. The van der Waals surface area contributed by atoms with Gasteiger partial charge >= 0.3 is 0 Å². The lowest BCUT2D eigenvalue weighted by Gasteiger charge is -2.04. The Bertz CT molecular complexity index is 1230. The maximum atomic E-state index is 12.7. The molecule has 146 valence electrons. The Morgan fingerprint density at radius 1 is 1.07 bits per heavy atom. The number of ketones is 1. The number of carbonyl (C=O) groups excluding carboxylic acids is 1. The molecule has 0 aliphatic heterocycles. The summed E-state index contributed by atoms with van der Waals surface area (Å²) in [6, 6.07) is 13.6. The van der Waals surface area contributed by atoms with Crippen LogP contribution in [0.25, 0.3) is 22.3 Å². The lowest BCUT2D eigenvalue weighted by molar-refractivity contribution is 0.104. The molecule has 4 nitrogen and oxygen atoms in total. The number of rotatable bonds is 5. The summed E-state index contributed by atoms with van der Waals surface area (Å²) in [5, 5.41) is 0. The number of aromatic nitrogens is 2. The van der Waals surface area contributed by atoms with E-state index < -0.39 is 0 Å². The maximum Gasteiger partial charge on any atom is 0.194 e. The predicted octanol–water partition coefficient (Wildman–Crippen LogP) is 5.89. The highest BCUT2D eigenvalue weighted by molar-refractivity contribution is 7.17. The summed E-state index contributed by atoms with van der Waals surface area (Å²) in [5.41, 5.74) is 5.71. The van der Waals surface area contributed by atoms with E-state index in [2.05, 4.69) is 13.1 Å². The third kappa shape index (κ3) is 3.74. The van der Waals surface area contributed by atoms with Crippen molar-refractivity contribution in [3.05, 3.63) is 82.0 Å². The first-order valence-corrected chi connectivity index (χ1v) is 10.2. The number of benzene rings is 2. The van der Waals surface area contributed by atoms with Crippen molar-refractivity contribution in [3.63, 3.8) is 0 Å². The van der Waals surface area contributed by atoms with Crippen molar-refractivity contribution in [2.75, 3.05) is 7.11 Å². The predicted molar refractivity (Wildman–Crippen MR) is 119 cm³/mol. The number of methoxy groups -OCH3 is 1. The fraction of sp³-hybridized carbons (Fsp3) is 0.167. The van der Waals surface area contributed by atoms with Gasteiger partial charge < -0.3 is 4.74 Å². The Hall–Kier alpha value is -3.18. The van der Waals surface area contributed by atoms with E-state index in [0.29, 0.717) is 5.56 Å². The van der Waals surface area contributed by atoms with Crippen LogP contribution in [0.3, 0.4) is 0 Å². The van der Waals surface area contributed by atoms with Crippen LogP contribution in [0.5, 0.6) is 5.75 Å². The molecule has 2 heterocycles.